The number of rotatable bonds is 8. The van der Waals surface area contributed by atoms with E-state index in [1.54, 1.807) is 0 Å². The van der Waals surface area contributed by atoms with Gasteiger partial charge in [0.05, 0.1) is 12.1 Å². The van der Waals surface area contributed by atoms with Crippen molar-refractivity contribution in [2.45, 2.75) is 12.7 Å². The maximum absolute atomic E-state index is 13.8. The molecule has 0 saturated carbocycles. The molecule has 0 atom stereocenters. The van der Waals surface area contributed by atoms with Crippen molar-refractivity contribution in [2.75, 3.05) is 23.8 Å². The summed E-state index contributed by atoms with van der Waals surface area (Å²) in [6.45, 7) is 0.685. The quantitative estimate of drug-likeness (QED) is 0.418. The monoisotopic (exact) mass is 406 g/mol. The van der Waals surface area contributed by atoms with Crippen molar-refractivity contribution in [3.8, 4) is 5.75 Å². The number of benzene rings is 2. The molecule has 29 heavy (non-hydrogen) atoms. The fourth-order valence-corrected chi connectivity index (χ4v) is 2.46. The van der Waals surface area contributed by atoms with Gasteiger partial charge in [-0.3, -0.25) is 0 Å². The van der Waals surface area contributed by atoms with E-state index in [2.05, 4.69) is 20.6 Å². The minimum atomic E-state index is -4.53. The number of hydrogen-bond acceptors (Lipinski definition) is 5. The highest BCUT2D eigenvalue weighted by atomic mass is 19.4. The van der Waals surface area contributed by atoms with Crippen LogP contribution in [0.2, 0.25) is 0 Å². The molecule has 0 aliphatic carbocycles. The molecule has 0 aliphatic heterocycles. The number of nitrogens with zero attached hydrogens (tertiary/aromatic N) is 2. The predicted octanol–water partition coefficient (Wildman–Crippen LogP) is 4.74. The van der Waals surface area contributed by atoms with E-state index in [0.717, 1.165) is 17.9 Å². The second-order valence-corrected chi connectivity index (χ2v) is 6.01. The zero-order chi connectivity index (χ0) is 20.7. The van der Waals surface area contributed by atoms with E-state index in [1.165, 1.54) is 12.3 Å². The van der Waals surface area contributed by atoms with Gasteiger partial charge in [-0.2, -0.15) is 18.2 Å². The molecule has 0 amide bonds. The molecule has 152 valence electrons. The summed E-state index contributed by atoms with van der Waals surface area (Å²) in [6.07, 6.45) is -3.05. The average molecular weight is 406 g/mol. The van der Waals surface area contributed by atoms with Gasteiger partial charge in [-0.1, -0.05) is 18.2 Å². The minimum Gasteiger partial charge on any atom is -0.492 e. The molecule has 5 nitrogen and oxygen atoms in total. The van der Waals surface area contributed by atoms with E-state index in [1.807, 2.05) is 30.3 Å². The molecule has 2 N–H and O–H groups in total. The summed E-state index contributed by atoms with van der Waals surface area (Å²) in [5.74, 6) is 0.684. The molecule has 0 spiro atoms. The average Bonchev–Trinajstić information content (AvgIpc) is 2.71. The van der Waals surface area contributed by atoms with Crippen molar-refractivity contribution >= 4 is 11.8 Å². The second-order valence-electron chi connectivity index (χ2n) is 6.01. The highest BCUT2D eigenvalue weighted by molar-refractivity contribution is 5.41. The summed E-state index contributed by atoms with van der Waals surface area (Å²) in [5.41, 5.74) is -1.01. The van der Waals surface area contributed by atoms with E-state index in [0.29, 0.717) is 31.0 Å². The van der Waals surface area contributed by atoms with Crippen LogP contribution in [0, 0.1) is 5.82 Å². The smallest absolute Gasteiger partial charge is 0.416 e. The summed E-state index contributed by atoms with van der Waals surface area (Å²) in [4.78, 5) is 8.26. The van der Waals surface area contributed by atoms with Gasteiger partial charge in [-0.05, 0) is 36.4 Å². The summed E-state index contributed by atoms with van der Waals surface area (Å²) >= 11 is 0. The zero-order valence-corrected chi connectivity index (χ0v) is 15.2. The third-order valence-corrected chi connectivity index (χ3v) is 3.89. The lowest BCUT2D eigenvalue weighted by molar-refractivity contribution is -0.137. The van der Waals surface area contributed by atoms with Crippen molar-refractivity contribution in [3.05, 3.63) is 77.7 Å². The normalized spacial score (nSPS) is 11.2. The molecule has 1 aromatic heterocycles. The number of para-hydroxylation sites is 1. The summed E-state index contributed by atoms with van der Waals surface area (Å²) < 4.78 is 57.7. The van der Waals surface area contributed by atoms with Crippen LogP contribution in [0.5, 0.6) is 5.75 Å². The molecule has 1 heterocycles. The highest BCUT2D eigenvalue weighted by Crippen LogP contribution is 2.30. The number of alkyl halides is 3. The molecule has 0 fully saturated rings. The third-order valence-electron chi connectivity index (χ3n) is 3.89. The first-order valence-corrected chi connectivity index (χ1v) is 8.76. The predicted molar refractivity (Wildman–Crippen MR) is 101 cm³/mol. The molecule has 0 bridgehead atoms. The minimum absolute atomic E-state index is 0.107. The Kier molecular flexibility index (Phi) is 6.48. The number of hydrogen-bond donors (Lipinski definition) is 2. The lowest BCUT2D eigenvalue weighted by Gasteiger charge is -2.12. The number of aromatic nitrogens is 2. The van der Waals surface area contributed by atoms with Gasteiger partial charge in [0.15, 0.2) is 0 Å². The Morgan fingerprint density at radius 3 is 2.52 bits per heavy atom. The van der Waals surface area contributed by atoms with Gasteiger partial charge >= 0.3 is 6.18 Å². The van der Waals surface area contributed by atoms with Gasteiger partial charge < -0.3 is 15.4 Å². The van der Waals surface area contributed by atoms with Crippen LogP contribution in [0.25, 0.3) is 0 Å². The van der Waals surface area contributed by atoms with Crippen LogP contribution in [-0.4, -0.2) is 23.1 Å². The number of ether oxygens (including phenoxy) is 1. The summed E-state index contributed by atoms with van der Waals surface area (Å²) in [7, 11) is 0. The van der Waals surface area contributed by atoms with Crippen LogP contribution in [0.15, 0.2) is 60.8 Å². The topological polar surface area (TPSA) is 59.1 Å². The Hall–Kier alpha value is -3.36. The van der Waals surface area contributed by atoms with Crippen molar-refractivity contribution in [1.82, 2.24) is 9.97 Å². The van der Waals surface area contributed by atoms with Crippen LogP contribution >= 0.6 is 0 Å². The van der Waals surface area contributed by atoms with Gasteiger partial charge in [0.1, 0.15) is 24.0 Å². The van der Waals surface area contributed by atoms with Crippen LogP contribution in [0.1, 0.15) is 11.1 Å². The van der Waals surface area contributed by atoms with Gasteiger partial charge in [-0.15, -0.1) is 0 Å². The van der Waals surface area contributed by atoms with Gasteiger partial charge in [0, 0.05) is 18.3 Å². The molecule has 0 unspecified atom stereocenters. The van der Waals surface area contributed by atoms with E-state index in [-0.39, 0.29) is 12.1 Å². The van der Waals surface area contributed by atoms with Crippen molar-refractivity contribution in [3.63, 3.8) is 0 Å². The molecule has 0 saturated heterocycles. The highest BCUT2D eigenvalue weighted by Gasteiger charge is 2.31. The molecule has 3 rings (SSSR count). The third kappa shape index (κ3) is 6.06. The number of halogens is 4. The van der Waals surface area contributed by atoms with Gasteiger partial charge in [0.25, 0.3) is 0 Å². The van der Waals surface area contributed by atoms with E-state index < -0.39 is 17.6 Å². The molecule has 2 aromatic carbocycles. The summed E-state index contributed by atoms with van der Waals surface area (Å²) in [5, 5.41) is 5.79. The SMILES string of the molecule is Fc1ccc(C(F)(F)F)cc1CNc1ccnc(NCCOc2ccccc2)n1. The Morgan fingerprint density at radius 2 is 1.76 bits per heavy atom. The second kappa shape index (κ2) is 9.22. The molecule has 0 aliphatic rings. The van der Waals surface area contributed by atoms with Crippen LogP contribution < -0.4 is 15.4 Å². The van der Waals surface area contributed by atoms with E-state index >= 15 is 0 Å². The van der Waals surface area contributed by atoms with Gasteiger partial charge in [0.2, 0.25) is 5.95 Å². The number of nitrogens with one attached hydrogen (secondary N) is 2. The summed E-state index contributed by atoms with van der Waals surface area (Å²) in [6, 6.07) is 13.1. The van der Waals surface area contributed by atoms with Crippen LogP contribution in [-0.2, 0) is 12.7 Å². The lowest BCUT2D eigenvalue weighted by atomic mass is 10.1. The van der Waals surface area contributed by atoms with Crippen molar-refractivity contribution in [1.29, 1.82) is 0 Å². The lowest BCUT2D eigenvalue weighted by Crippen LogP contribution is -2.14. The fourth-order valence-electron chi connectivity index (χ4n) is 2.46. The Bertz CT molecular complexity index is 935. The standard InChI is InChI=1S/C20H18F4N4O/c21-17-7-6-15(20(22,23)24)12-14(17)13-27-18-8-9-25-19(28-18)26-10-11-29-16-4-2-1-3-5-16/h1-9,12H,10-11,13H2,(H2,25,26,27,28). The first kappa shape index (κ1) is 20.4. The Morgan fingerprint density at radius 1 is 0.966 bits per heavy atom. The zero-order valence-electron chi connectivity index (χ0n) is 15.2. The largest absolute Gasteiger partial charge is 0.492 e. The van der Waals surface area contributed by atoms with E-state index in [4.69, 9.17) is 4.74 Å². The van der Waals surface area contributed by atoms with Crippen molar-refractivity contribution in [2.24, 2.45) is 0 Å². The molecular weight excluding hydrogens is 388 g/mol. The first-order chi connectivity index (χ1) is 13.9. The van der Waals surface area contributed by atoms with Gasteiger partial charge in [-0.25, -0.2) is 9.37 Å². The number of anilines is 2. The van der Waals surface area contributed by atoms with Crippen molar-refractivity contribution < 1.29 is 22.3 Å². The maximum atomic E-state index is 13.8. The van der Waals surface area contributed by atoms with Crippen LogP contribution in [0.3, 0.4) is 0 Å². The first-order valence-electron chi connectivity index (χ1n) is 8.76. The Labute approximate surface area is 164 Å². The van der Waals surface area contributed by atoms with E-state index in [9.17, 15) is 17.6 Å². The fraction of sp³-hybridized carbons (Fsp3) is 0.200. The molecule has 0 radical (unpaired) electrons. The Balaban J connectivity index is 1.53. The maximum Gasteiger partial charge on any atom is 0.416 e. The molecular formula is C20H18F4N4O. The molecule has 9 heteroatoms. The van der Waals surface area contributed by atoms with Crippen LogP contribution in [0.4, 0.5) is 29.3 Å². The molecule has 3 aromatic rings.